The molecule has 0 radical (unpaired) electrons. The number of amides is 1. The lowest BCUT2D eigenvalue weighted by atomic mass is 10.2. The van der Waals surface area contributed by atoms with Crippen LogP contribution in [0.3, 0.4) is 0 Å². The van der Waals surface area contributed by atoms with E-state index in [1.807, 2.05) is 20.8 Å². The van der Waals surface area contributed by atoms with E-state index in [9.17, 15) is 9.32 Å². The molecule has 19 heavy (non-hydrogen) atoms. The summed E-state index contributed by atoms with van der Waals surface area (Å²) in [5.41, 5.74) is -0.481. The first kappa shape index (κ1) is 18.1. The minimum absolute atomic E-state index is 0.0542. The maximum Gasteiger partial charge on any atom is 0.410 e. The third-order valence-electron chi connectivity index (χ3n) is 2.06. The summed E-state index contributed by atoms with van der Waals surface area (Å²) in [4.78, 5) is 16.5. The van der Waals surface area contributed by atoms with Crippen LogP contribution in [0.25, 0.3) is 0 Å². The van der Waals surface area contributed by atoms with E-state index in [4.69, 9.17) is 9.47 Å². The van der Waals surface area contributed by atoms with Crippen molar-refractivity contribution in [3.8, 4) is 0 Å². The number of nitrogens with zero attached hydrogens (tertiary/aromatic N) is 1. The van der Waals surface area contributed by atoms with Crippen LogP contribution in [0, 0.1) is 0 Å². The Kier molecular flexibility index (Phi) is 9.46. The van der Waals surface area contributed by atoms with Crippen molar-refractivity contribution in [1.29, 1.82) is 0 Å². The molecule has 0 saturated carbocycles. The summed E-state index contributed by atoms with van der Waals surface area (Å²) in [7, 11) is 1.69. The minimum atomic E-state index is -0.481. The molecule has 0 unspecified atom stereocenters. The second-order valence-electron chi connectivity index (χ2n) is 5.08. The van der Waals surface area contributed by atoms with Crippen LogP contribution >= 0.6 is 0 Å². The van der Waals surface area contributed by atoms with E-state index >= 15 is 0 Å². The number of likely N-dealkylation sites (N-methyl/N-ethyl adjacent to an activating group) is 1. The van der Waals surface area contributed by atoms with Crippen LogP contribution in [-0.2, 0) is 14.4 Å². The number of hydrogen-bond donors (Lipinski definition) is 1. The lowest BCUT2D eigenvalue weighted by molar-refractivity contribution is -0.145. The highest BCUT2D eigenvalue weighted by atomic mass is 19.3. The van der Waals surface area contributed by atoms with Crippen molar-refractivity contribution in [2.75, 3.05) is 46.5 Å². The molecule has 0 bridgehead atoms. The third-order valence-corrected chi connectivity index (χ3v) is 2.06. The Hall–Kier alpha value is -0.920. The fourth-order valence-corrected chi connectivity index (χ4v) is 1.14. The van der Waals surface area contributed by atoms with Gasteiger partial charge in [0.05, 0.1) is 13.2 Å². The first-order valence-corrected chi connectivity index (χ1v) is 6.33. The van der Waals surface area contributed by atoms with Crippen molar-refractivity contribution in [3.05, 3.63) is 0 Å². The molecule has 0 aromatic heterocycles. The molecule has 7 heteroatoms. The molecule has 0 aliphatic rings. The van der Waals surface area contributed by atoms with Gasteiger partial charge in [0.25, 0.3) is 0 Å². The summed E-state index contributed by atoms with van der Waals surface area (Å²) in [5, 5.41) is 3.10. The Morgan fingerprint density at radius 3 is 2.47 bits per heavy atom. The van der Waals surface area contributed by atoms with E-state index in [1.165, 1.54) is 4.90 Å². The molecule has 0 aromatic rings. The molecule has 6 nitrogen and oxygen atoms in total. The summed E-state index contributed by atoms with van der Waals surface area (Å²) in [5.74, 6) is 0. The van der Waals surface area contributed by atoms with Crippen LogP contribution in [0.2, 0.25) is 0 Å². The van der Waals surface area contributed by atoms with Gasteiger partial charge in [-0.15, -0.1) is 0 Å². The van der Waals surface area contributed by atoms with Crippen molar-refractivity contribution in [2.24, 2.45) is 0 Å². The van der Waals surface area contributed by atoms with Crippen LogP contribution in [0.5, 0.6) is 0 Å². The van der Waals surface area contributed by atoms with Gasteiger partial charge < -0.3 is 19.7 Å². The summed E-state index contributed by atoms with van der Waals surface area (Å²) in [6.45, 7) is 7.95. The van der Waals surface area contributed by atoms with Crippen molar-refractivity contribution in [1.82, 2.24) is 10.2 Å². The quantitative estimate of drug-likeness (QED) is 0.646. The van der Waals surface area contributed by atoms with Crippen molar-refractivity contribution in [3.63, 3.8) is 0 Å². The SMILES string of the molecule is CN(CCNCCOCCOF)C(=O)OC(C)(C)C. The van der Waals surface area contributed by atoms with E-state index in [2.05, 4.69) is 10.3 Å². The smallest absolute Gasteiger partial charge is 0.410 e. The van der Waals surface area contributed by atoms with E-state index < -0.39 is 5.60 Å². The standard InChI is InChI=1S/C12H25FN2O4/c1-12(2,3)19-11(16)15(4)7-5-14-6-8-17-9-10-18-13/h14H,5-10H2,1-4H3. The van der Waals surface area contributed by atoms with E-state index in [0.29, 0.717) is 26.2 Å². The molecule has 0 aromatic carbocycles. The summed E-state index contributed by atoms with van der Waals surface area (Å²) >= 11 is 0. The molecule has 0 atom stereocenters. The largest absolute Gasteiger partial charge is 0.444 e. The van der Waals surface area contributed by atoms with Gasteiger partial charge in [-0.1, -0.05) is 0 Å². The number of nitrogens with one attached hydrogen (secondary N) is 1. The number of carbonyl (C=O) groups excluding carboxylic acids is 1. The van der Waals surface area contributed by atoms with Gasteiger partial charge in [0.15, 0.2) is 0 Å². The minimum Gasteiger partial charge on any atom is -0.444 e. The first-order chi connectivity index (χ1) is 8.87. The van der Waals surface area contributed by atoms with Gasteiger partial charge in [-0.2, -0.15) is 4.94 Å². The fraction of sp³-hybridized carbons (Fsp3) is 0.917. The number of rotatable bonds is 9. The van der Waals surface area contributed by atoms with Gasteiger partial charge in [-0.25, -0.2) is 4.79 Å². The average Bonchev–Trinajstić information content (AvgIpc) is 2.30. The monoisotopic (exact) mass is 280 g/mol. The van der Waals surface area contributed by atoms with Crippen molar-refractivity contribution < 1.29 is 23.7 Å². The van der Waals surface area contributed by atoms with E-state index in [1.54, 1.807) is 7.05 Å². The number of ether oxygens (including phenoxy) is 2. The Bertz CT molecular complexity index is 246. The maximum atomic E-state index is 11.6. The van der Waals surface area contributed by atoms with Gasteiger partial charge >= 0.3 is 6.09 Å². The lowest BCUT2D eigenvalue weighted by Crippen LogP contribution is -2.38. The Labute approximate surface area is 114 Å². The van der Waals surface area contributed by atoms with E-state index in [0.717, 1.165) is 0 Å². The average molecular weight is 280 g/mol. The zero-order valence-electron chi connectivity index (χ0n) is 12.2. The molecule has 114 valence electrons. The van der Waals surface area contributed by atoms with Crippen molar-refractivity contribution in [2.45, 2.75) is 26.4 Å². The molecule has 0 heterocycles. The first-order valence-electron chi connectivity index (χ1n) is 6.33. The topological polar surface area (TPSA) is 60.0 Å². The number of halogens is 1. The molecule has 0 fully saturated rings. The molecule has 0 rings (SSSR count). The molecule has 0 spiro atoms. The Morgan fingerprint density at radius 1 is 1.21 bits per heavy atom. The van der Waals surface area contributed by atoms with Gasteiger partial charge in [-0.3, -0.25) is 0 Å². The second kappa shape index (κ2) is 9.94. The molecule has 0 saturated heterocycles. The zero-order chi connectivity index (χ0) is 14.7. The van der Waals surface area contributed by atoms with Crippen LogP contribution in [0.4, 0.5) is 9.32 Å². The lowest BCUT2D eigenvalue weighted by Gasteiger charge is -2.24. The summed E-state index contributed by atoms with van der Waals surface area (Å²) in [6, 6.07) is 0. The van der Waals surface area contributed by atoms with Gasteiger partial charge in [0, 0.05) is 26.7 Å². The van der Waals surface area contributed by atoms with Crippen LogP contribution < -0.4 is 5.32 Å². The highest BCUT2D eigenvalue weighted by Crippen LogP contribution is 2.08. The summed E-state index contributed by atoms with van der Waals surface area (Å²) in [6.07, 6.45) is -0.342. The van der Waals surface area contributed by atoms with Crippen LogP contribution in [0.1, 0.15) is 20.8 Å². The normalized spacial score (nSPS) is 11.4. The maximum absolute atomic E-state index is 11.6. The predicted octanol–water partition coefficient (Wildman–Crippen LogP) is 1.36. The van der Waals surface area contributed by atoms with Crippen LogP contribution in [-0.4, -0.2) is 63.1 Å². The molecule has 0 aliphatic carbocycles. The Balaban J connectivity index is 3.48. The predicted molar refractivity (Wildman–Crippen MR) is 69.6 cm³/mol. The zero-order valence-corrected chi connectivity index (χ0v) is 12.2. The summed E-state index contributed by atoms with van der Waals surface area (Å²) < 4.78 is 21.5. The Morgan fingerprint density at radius 2 is 1.89 bits per heavy atom. The van der Waals surface area contributed by atoms with E-state index in [-0.39, 0.29) is 19.3 Å². The third kappa shape index (κ3) is 11.9. The molecule has 0 aliphatic heterocycles. The molecular weight excluding hydrogens is 255 g/mol. The second-order valence-corrected chi connectivity index (χ2v) is 5.08. The van der Waals surface area contributed by atoms with Gasteiger partial charge in [0.2, 0.25) is 0 Å². The highest BCUT2D eigenvalue weighted by molar-refractivity contribution is 5.67. The number of carbonyl (C=O) groups is 1. The molecular formula is C12H25FN2O4. The fourth-order valence-electron chi connectivity index (χ4n) is 1.14. The molecule has 1 amide bonds. The van der Waals surface area contributed by atoms with Gasteiger partial charge in [0.1, 0.15) is 12.2 Å². The highest BCUT2D eigenvalue weighted by Gasteiger charge is 2.18. The molecule has 1 N–H and O–H groups in total. The van der Waals surface area contributed by atoms with Gasteiger partial charge in [-0.05, 0) is 25.3 Å². The van der Waals surface area contributed by atoms with Crippen molar-refractivity contribution >= 4 is 6.09 Å². The van der Waals surface area contributed by atoms with Crippen LogP contribution in [0.15, 0.2) is 0 Å². The number of hydrogen-bond acceptors (Lipinski definition) is 5.